The molecular formula is C79H139NO18. The molecule has 1 amide bonds. The van der Waals surface area contributed by atoms with E-state index in [-0.39, 0.29) is 18.9 Å². The average molecular weight is 1390 g/mol. The second kappa shape index (κ2) is 59.4. The molecule has 0 aromatic rings. The number of unbranched alkanes of at least 4 members (excludes halogenated alkanes) is 30. The fraction of sp³-hybridized carbons (Fsp3) is 0.810. The highest BCUT2D eigenvalue weighted by atomic mass is 16.8. The highest BCUT2D eigenvalue weighted by Crippen LogP contribution is 2.33. The number of ether oxygens (including phenoxy) is 6. The quantitative estimate of drug-likeness (QED) is 0.0199. The Labute approximate surface area is 590 Å². The van der Waals surface area contributed by atoms with Gasteiger partial charge in [0.05, 0.1) is 38.6 Å². The minimum absolute atomic E-state index is 0.250. The molecule has 0 aromatic carbocycles. The van der Waals surface area contributed by atoms with Gasteiger partial charge in [0.1, 0.15) is 73.2 Å². The monoisotopic (exact) mass is 1390 g/mol. The number of carbonyl (C=O) groups excluding carboxylic acids is 1. The second-order valence-corrected chi connectivity index (χ2v) is 27.4. The highest BCUT2D eigenvalue weighted by molar-refractivity contribution is 5.76. The van der Waals surface area contributed by atoms with Crippen molar-refractivity contribution in [2.24, 2.45) is 0 Å². The Balaban J connectivity index is 1.39. The van der Waals surface area contributed by atoms with Crippen LogP contribution >= 0.6 is 0 Å². The second-order valence-electron chi connectivity index (χ2n) is 27.4. The van der Waals surface area contributed by atoms with Crippen molar-refractivity contribution in [3.05, 3.63) is 85.1 Å². The maximum atomic E-state index is 13.5. The van der Waals surface area contributed by atoms with E-state index < -0.39 is 124 Å². The molecule has 0 aromatic heterocycles. The van der Waals surface area contributed by atoms with Gasteiger partial charge < -0.3 is 89.9 Å². The number of hydrogen-bond acceptors (Lipinski definition) is 18. The summed E-state index contributed by atoms with van der Waals surface area (Å²) in [5, 5.41) is 121. The van der Waals surface area contributed by atoms with Crippen LogP contribution in [0.25, 0.3) is 0 Å². The summed E-state index contributed by atoms with van der Waals surface area (Å²) in [5.41, 5.74) is 0. The van der Waals surface area contributed by atoms with Gasteiger partial charge in [0.25, 0.3) is 0 Å². The molecule has 3 saturated heterocycles. The van der Waals surface area contributed by atoms with Gasteiger partial charge in [-0.3, -0.25) is 4.79 Å². The maximum Gasteiger partial charge on any atom is 0.220 e. The number of aliphatic hydroxyl groups excluding tert-OH is 11. The van der Waals surface area contributed by atoms with E-state index in [0.29, 0.717) is 12.8 Å². The zero-order valence-electron chi connectivity index (χ0n) is 60.5. The smallest absolute Gasteiger partial charge is 0.220 e. The van der Waals surface area contributed by atoms with Gasteiger partial charge in [-0.25, -0.2) is 0 Å². The summed E-state index contributed by atoms with van der Waals surface area (Å²) < 4.78 is 34.5. The molecule has 3 aliphatic heterocycles. The topological polar surface area (TPSA) is 307 Å². The molecule has 17 unspecified atom stereocenters. The summed E-state index contributed by atoms with van der Waals surface area (Å²) in [6.45, 7) is 1.70. The minimum atomic E-state index is -1.98. The lowest BCUT2D eigenvalue weighted by molar-refractivity contribution is -0.379. The van der Waals surface area contributed by atoms with Crippen LogP contribution in [0.3, 0.4) is 0 Å². The third-order valence-electron chi connectivity index (χ3n) is 19.0. The summed E-state index contributed by atoms with van der Waals surface area (Å²) in [4.78, 5) is 13.5. The van der Waals surface area contributed by atoms with E-state index in [9.17, 15) is 61.0 Å². The van der Waals surface area contributed by atoms with Crippen molar-refractivity contribution in [2.45, 2.75) is 381 Å². The minimum Gasteiger partial charge on any atom is -0.394 e. The molecule has 3 fully saturated rings. The van der Waals surface area contributed by atoms with E-state index >= 15 is 0 Å². The predicted octanol–water partition coefficient (Wildman–Crippen LogP) is 12.2. The Morgan fingerprint density at radius 2 is 0.704 bits per heavy atom. The number of carbonyl (C=O) groups is 1. The molecule has 3 heterocycles. The van der Waals surface area contributed by atoms with E-state index in [4.69, 9.17) is 28.4 Å². The highest BCUT2D eigenvalue weighted by Gasteiger charge is 2.54. The average Bonchev–Trinajstić information content (AvgIpc) is 0.785. The molecule has 98 heavy (non-hydrogen) atoms. The molecular weight excluding hydrogens is 1250 g/mol. The standard InChI is InChI=1S/C79H139NO18/c1-3-5-7-9-11-13-15-17-19-21-23-25-27-28-29-30-31-32-33-34-35-37-39-41-43-45-47-49-51-53-55-57-67(85)80-62(63(84)56-54-52-50-48-46-44-42-40-38-36-26-24-22-20-18-16-14-12-10-8-6-4-2)61-93-77-73(91)70(88)75(65(59-82)95-77)98-79-74(92)71(89)76(66(60-83)96-79)97-78-72(90)69(87)68(86)64(58-81)94-78/h5,7,11,13,17,19,23,25,28-29,31-32,34-35,62-66,68-79,81-84,86-92H,3-4,6,8-10,12,14-16,18,20-22,24,26-27,30,33,36-61H2,1-2H3,(H,80,85)/b7-5-,13-11-,19-17-,25-23-,29-28-,32-31-,35-34-. The first-order valence-electron chi connectivity index (χ1n) is 38.8. The lowest BCUT2D eigenvalue weighted by atomic mass is 9.96. The van der Waals surface area contributed by atoms with Gasteiger partial charge in [-0.15, -0.1) is 0 Å². The number of amides is 1. The molecule has 3 aliphatic rings. The maximum absolute atomic E-state index is 13.5. The first-order chi connectivity index (χ1) is 47.8. The van der Waals surface area contributed by atoms with E-state index in [2.05, 4.69) is 104 Å². The normalized spacial score (nSPS) is 27.2. The van der Waals surface area contributed by atoms with Crippen molar-refractivity contribution in [1.82, 2.24) is 5.32 Å². The van der Waals surface area contributed by atoms with E-state index in [1.807, 2.05) is 0 Å². The largest absolute Gasteiger partial charge is 0.394 e. The van der Waals surface area contributed by atoms with Gasteiger partial charge in [0.15, 0.2) is 18.9 Å². The molecule has 0 aliphatic carbocycles. The summed E-state index contributed by atoms with van der Waals surface area (Å²) in [7, 11) is 0. The number of aliphatic hydroxyl groups is 11. The molecule has 19 nitrogen and oxygen atoms in total. The van der Waals surface area contributed by atoms with Crippen molar-refractivity contribution in [3.8, 4) is 0 Å². The van der Waals surface area contributed by atoms with Gasteiger partial charge >= 0.3 is 0 Å². The van der Waals surface area contributed by atoms with Crippen LogP contribution in [-0.4, -0.2) is 193 Å². The molecule has 568 valence electrons. The Morgan fingerprint density at radius 3 is 1.10 bits per heavy atom. The zero-order chi connectivity index (χ0) is 71.1. The van der Waals surface area contributed by atoms with Crippen LogP contribution in [0.15, 0.2) is 85.1 Å². The van der Waals surface area contributed by atoms with Gasteiger partial charge in [-0.2, -0.15) is 0 Å². The van der Waals surface area contributed by atoms with Gasteiger partial charge in [0.2, 0.25) is 5.91 Å². The van der Waals surface area contributed by atoms with Gasteiger partial charge in [-0.05, 0) is 70.6 Å². The van der Waals surface area contributed by atoms with Crippen molar-refractivity contribution in [1.29, 1.82) is 0 Å². The number of rotatable bonds is 60. The molecule has 0 saturated carbocycles. The summed E-state index contributed by atoms with van der Waals surface area (Å²) >= 11 is 0. The van der Waals surface area contributed by atoms with Crippen molar-refractivity contribution in [2.75, 3.05) is 26.4 Å². The lowest BCUT2D eigenvalue weighted by Crippen LogP contribution is -2.66. The van der Waals surface area contributed by atoms with Crippen LogP contribution in [-0.2, 0) is 33.2 Å². The molecule has 12 N–H and O–H groups in total. The summed E-state index contributed by atoms with van der Waals surface area (Å²) in [6.07, 6.45) is 50.8. The molecule has 0 radical (unpaired) electrons. The van der Waals surface area contributed by atoms with Crippen LogP contribution in [0, 0.1) is 0 Å². The van der Waals surface area contributed by atoms with Crippen LogP contribution in [0.2, 0.25) is 0 Å². The number of nitrogens with one attached hydrogen (secondary N) is 1. The Kier molecular flexibility index (Phi) is 54.0. The number of allylic oxidation sites excluding steroid dienone is 14. The van der Waals surface area contributed by atoms with Crippen LogP contribution in [0.5, 0.6) is 0 Å². The Bertz CT molecular complexity index is 2100. The third kappa shape index (κ3) is 39.6. The molecule has 19 heteroatoms. The van der Waals surface area contributed by atoms with Crippen LogP contribution in [0.4, 0.5) is 0 Å². The SMILES string of the molecule is CC/C=C\C/C=C\C/C=C\C/C=C\C/C=C\C/C=C\C/C=C\CCCCCCCCCCCC(=O)NC(COC1OC(CO)C(OC2OC(CO)C(OC3OC(CO)C(O)C(O)C3O)C(O)C2O)C(O)C1O)C(O)CCCCCCCCCCCCCCCCCCCCCCCC. The van der Waals surface area contributed by atoms with Crippen LogP contribution < -0.4 is 5.32 Å². The molecule has 0 bridgehead atoms. The van der Waals surface area contributed by atoms with E-state index in [1.54, 1.807) is 0 Å². The van der Waals surface area contributed by atoms with Crippen molar-refractivity contribution in [3.63, 3.8) is 0 Å². The molecule has 17 atom stereocenters. The predicted molar refractivity (Wildman–Crippen MR) is 388 cm³/mol. The summed E-state index contributed by atoms with van der Waals surface area (Å²) in [6, 6.07) is -0.897. The van der Waals surface area contributed by atoms with E-state index in [0.717, 1.165) is 103 Å². The first-order valence-corrected chi connectivity index (χ1v) is 38.8. The van der Waals surface area contributed by atoms with Crippen LogP contribution in [0.1, 0.15) is 277 Å². The van der Waals surface area contributed by atoms with Gasteiger partial charge in [0, 0.05) is 6.42 Å². The van der Waals surface area contributed by atoms with Gasteiger partial charge in [-0.1, -0.05) is 285 Å². The first kappa shape index (κ1) is 89.2. The fourth-order valence-corrected chi connectivity index (χ4v) is 12.8. The third-order valence-corrected chi connectivity index (χ3v) is 19.0. The van der Waals surface area contributed by atoms with Crippen molar-refractivity contribution < 1.29 is 89.4 Å². The molecule has 3 rings (SSSR count). The molecule has 0 spiro atoms. The number of hydrogen-bond donors (Lipinski definition) is 12. The van der Waals surface area contributed by atoms with E-state index in [1.165, 1.54) is 141 Å². The fourth-order valence-electron chi connectivity index (χ4n) is 12.8. The Morgan fingerprint density at radius 1 is 0.378 bits per heavy atom. The van der Waals surface area contributed by atoms with Crippen molar-refractivity contribution >= 4 is 5.91 Å². The Hall–Kier alpha value is -3.03. The summed E-state index contributed by atoms with van der Waals surface area (Å²) in [5.74, 6) is -0.250. The zero-order valence-corrected chi connectivity index (χ0v) is 60.5. The lowest BCUT2D eigenvalue weighted by Gasteiger charge is -2.48.